The van der Waals surface area contributed by atoms with E-state index in [-0.39, 0.29) is 0 Å². The first kappa shape index (κ1) is 11.9. The van der Waals surface area contributed by atoms with Crippen molar-refractivity contribution in [3.63, 3.8) is 0 Å². The number of carbonyl (C=O) groups excluding carboxylic acids is 2. The second-order valence-corrected chi connectivity index (χ2v) is 2.93. The smallest absolute Gasteiger partial charge is 0.396 e. The van der Waals surface area contributed by atoms with Crippen LogP contribution in [0.25, 0.3) is 0 Å². The molecule has 0 radical (unpaired) electrons. The molecule has 0 aliphatic rings. The van der Waals surface area contributed by atoms with E-state index in [1.807, 2.05) is 0 Å². The number of esters is 1. The van der Waals surface area contributed by atoms with Gasteiger partial charge in [0.1, 0.15) is 0 Å². The summed E-state index contributed by atoms with van der Waals surface area (Å²) in [7, 11) is 2.81. The molecule has 0 bridgehead atoms. The largest absolute Gasteiger partial charge is 0.462 e. The standard InChI is InChI=1S/C9H17NO3/c1-4-5-6-7-10(2)8(11)9(12)13-3/h4-7H2,1-3H3. The summed E-state index contributed by atoms with van der Waals surface area (Å²) in [4.78, 5) is 23.3. The topological polar surface area (TPSA) is 46.6 Å². The first-order valence-electron chi connectivity index (χ1n) is 4.46. The van der Waals surface area contributed by atoms with Crippen molar-refractivity contribution in [2.24, 2.45) is 0 Å². The third-order valence-electron chi connectivity index (χ3n) is 1.80. The molecule has 0 aliphatic heterocycles. The van der Waals surface area contributed by atoms with Crippen molar-refractivity contribution in [2.75, 3.05) is 20.7 Å². The minimum absolute atomic E-state index is 0.571. The van der Waals surface area contributed by atoms with E-state index in [0.29, 0.717) is 6.54 Å². The molecular weight excluding hydrogens is 170 g/mol. The van der Waals surface area contributed by atoms with Gasteiger partial charge in [0, 0.05) is 13.6 Å². The van der Waals surface area contributed by atoms with E-state index in [1.165, 1.54) is 12.0 Å². The van der Waals surface area contributed by atoms with E-state index in [1.54, 1.807) is 7.05 Å². The van der Waals surface area contributed by atoms with Crippen LogP contribution in [0.15, 0.2) is 0 Å². The van der Waals surface area contributed by atoms with Crippen LogP contribution in [0.4, 0.5) is 0 Å². The first-order chi connectivity index (χ1) is 6.13. The van der Waals surface area contributed by atoms with Crippen LogP contribution in [0.3, 0.4) is 0 Å². The van der Waals surface area contributed by atoms with Gasteiger partial charge < -0.3 is 9.64 Å². The van der Waals surface area contributed by atoms with E-state index in [0.717, 1.165) is 19.3 Å². The van der Waals surface area contributed by atoms with Gasteiger partial charge in [-0.25, -0.2) is 4.79 Å². The zero-order chi connectivity index (χ0) is 10.3. The van der Waals surface area contributed by atoms with Gasteiger partial charge in [-0.1, -0.05) is 19.8 Å². The number of hydrogen-bond donors (Lipinski definition) is 0. The molecule has 0 aromatic heterocycles. The number of hydrogen-bond acceptors (Lipinski definition) is 3. The number of methoxy groups -OCH3 is 1. The van der Waals surface area contributed by atoms with Crippen LogP contribution in [0.1, 0.15) is 26.2 Å². The Balaban J connectivity index is 3.76. The Labute approximate surface area is 78.9 Å². The summed E-state index contributed by atoms with van der Waals surface area (Å²) in [5.41, 5.74) is 0. The number of nitrogens with zero attached hydrogens (tertiary/aromatic N) is 1. The van der Waals surface area contributed by atoms with E-state index >= 15 is 0 Å². The van der Waals surface area contributed by atoms with Gasteiger partial charge in [-0.05, 0) is 6.42 Å². The van der Waals surface area contributed by atoms with Gasteiger partial charge >= 0.3 is 11.9 Å². The summed E-state index contributed by atoms with van der Waals surface area (Å²) >= 11 is 0. The zero-order valence-electron chi connectivity index (χ0n) is 8.50. The molecule has 0 saturated heterocycles. The fraction of sp³-hybridized carbons (Fsp3) is 0.778. The fourth-order valence-corrected chi connectivity index (χ4v) is 0.944. The molecule has 0 aromatic rings. The summed E-state index contributed by atoms with van der Waals surface area (Å²) in [6, 6.07) is 0. The summed E-state index contributed by atoms with van der Waals surface area (Å²) in [5, 5.41) is 0. The number of carbonyl (C=O) groups is 2. The Bertz CT molecular complexity index is 180. The summed E-state index contributed by atoms with van der Waals surface area (Å²) in [5.74, 6) is -1.36. The molecule has 0 spiro atoms. The van der Waals surface area contributed by atoms with Crippen molar-refractivity contribution < 1.29 is 14.3 Å². The lowest BCUT2D eigenvalue weighted by Crippen LogP contribution is -2.34. The third-order valence-corrected chi connectivity index (χ3v) is 1.80. The van der Waals surface area contributed by atoms with Crippen LogP contribution in [0, 0.1) is 0 Å². The van der Waals surface area contributed by atoms with Gasteiger partial charge in [-0.3, -0.25) is 4.79 Å². The number of likely N-dealkylation sites (N-methyl/N-ethyl adjacent to an activating group) is 1. The lowest BCUT2D eigenvalue weighted by molar-refractivity contribution is -0.157. The number of unbranched alkanes of at least 4 members (excludes halogenated alkanes) is 2. The van der Waals surface area contributed by atoms with E-state index in [9.17, 15) is 9.59 Å². The van der Waals surface area contributed by atoms with Gasteiger partial charge in [-0.2, -0.15) is 0 Å². The predicted octanol–water partition coefficient (Wildman–Crippen LogP) is 0.808. The predicted molar refractivity (Wildman–Crippen MR) is 49.2 cm³/mol. The highest BCUT2D eigenvalue weighted by Gasteiger charge is 2.17. The molecule has 0 unspecified atom stereocenters. The Morgan fingerprint density at radius 1 is 1.31 bits per heavy atom. The third kappa shape index (κ3) is 4.50. The molecule has 13 heavy (non-hydrogen) atoms. The van der Waals surface area contributed by atoms with E-state index < -0.39 is 11.9 Å². The summed E-state index contributed by atoms with van der Waals surface area (Å²) < 4.78 is 4.31. The zero-order valence-corrected chi connectivity index (χ0v) is 8.50. The van der Waals surface area contributed by atoms with Crippen LogP contribution < -0.4 is 0 Å². The first-order valence-corrected chi connectivity index (χ1v) is 4.46. The van der Waals surface area contributed by atoms with Gasteiger partial charge in [0.05, 0.1) is 7.11 Å². The van der Waals surface area contributed by atoms with Crippen LogP contribution in [-0.4, -0.2) is 37.5 Å². The molecule has 4 heteroatoms. The average molecular weight is 187 g/mol. The molecule has 0 aliphatic carbocycles. The minimum atomic E-state index is -0.793. The number of rotatable bonds is 4. The number of ether oxygens (including phenoxy) is 1. The highest BCUT2D eigenvalue weighted by atomic mass is 16.5. The van der Waals surface area contributed by atoms with Crippen LogP contribution in [-0.2, 0) is 14.3 Å². The molecular formula is C9H17NO3. The molecule has 0 atom stereocenters. The molecule has 76 valence electrons. The van der Waals surface area contributed by atoms with Crippen LogP contribution in [0.2, 0.25) is 0 Å². The maximum atomic E-state index is 11.1. The lowest BCUT2D eigenvalue weighted by atomic mass is 10.2. The molecule has 0 aromatic carbocycles. The Kier molecular flexibility index (Phi) is 5.93. The molecule has 0 heterocycles. The average Bonchev–Trinajstić information content (AvgIpc) is 2.15. The number of amides is 1. The Hall–Kier alpha value is -1.06. The Morgan fingerprint density at radius 2 is 1.92 bits per heavy atom. The molecule has 0 rings (SSSR count). The molecule has 4 nitrogen and oxygen atoms in total. The second kappa shape index (κ2) is 6.46. The fourth-order valence-electron chi connectivity index (χ4n) is 0.944. The van der Waals surface area contributed by atoms with Crippen molar-refractivity contribution in [3.8, 4) is 0 Å². The lowest BCUT2D eigenvalue weighted by Gasteiger charge is -2.14. The molecule has 0 saturated carbocycles. The van der Waals surface area contributed by atoms with E-state index in [4.69, 9.17) is 0 Å². The Morgan fingerprint density at radius 3 is 2.38 bits per heavy atom. The minimum Gasteiger partial charge on any atom is -0.462 e. The quantitative estimate of drug-likeness (QED) is 0.371. The van der Waals surface area contributed by atoms with Crippen molar-refractivity contribution in [1.29, 1.82) is 0 Å². The van der Waals surface area contributed by atoms with Crippen molar-refractivity contribution in [1.82, 2.24) is 4.90 Å². The molecule has 0 fully saturated rings. The van der Waals surface area contributed by atoms with Gasteiger partial charge in [0.25, 0.3) is 0 Å². The highest BCUT2D eigenvalue weighted by molar-refractivity contribution is 6.32. The van der Waals surface area contributed by atoms with Crippen molar-refractivity contribution >= 4 is 11.9 Å². The normalized spacial score (nSPS) is 9.46. The van der Waals surface area contributed by atoms with Crippen LogP contribution in [0.5, 0.6) is 0 Å². The van der Waals surface area contributed by atoms with Crippen LogP contribution >= 0.6 is 0 Å². The van der Waals surface area contributed by atoms with Gasteiger partial charge in [-0.15, -0.1) is 0 Å². The maximum Gasteiger partial charge on any atom is 0.396 e. The molecule has 0 N–H and O–H groups in total. The van der Waals surface area contributed by atoms with Gasteiger partial charge in [0.15, 0.2) is 0 Å². The van der Waals surface area contributed by atoms with Gasteiger partial charge in [0.2, 0.25) is 0 Å². The summed E-state index contributed by atoms with van der Waals surface area (Å²) in [6.07, 6.45) is 3.09. The van der Waals surface area contributed by atoms with E-state index in [2.05, 4.69) is 11.7 Å². The van der Waals surface area contributed by atoms with Crippen molar-refractivity contribution in [2.45, 2.75) is 26.2 Å². The molecule has 1 amide bonds. The monoisotopic (exact) mass is 187 g/mol. The second-order valence-electron chi connectivity index (χ2n) is 2.93. The van der Waals surface area contributed by atoms with Crippen molar-refractivity contribution in [3.05, 3.63) is 0 Å². The maximum absolute atomic E-state index is 11.1. The SMILES string of the molecule is CCCCCN(C)C(=O)C(=O)OC. The summed E-state index contributed by atoms with van der Waals surface area (Å²) in [6.45, 7) is 2.70. The highest BCUT2D eigenvalue weighted by Crippen LogP contribution is 1.97.